The van der Waals surface area contributed by atoms with Crippen molar-refractivity contribution in [3.8, 4) is 0 Å². The van der Waals surface area contributed by atoms with Gasteiger partial charge < -0.3 is 15.8 Å². The highest BCUT2D eigenvalue weighted by molar-refractivity contribution is 5.81. The lowest BCUT2D eigenvalue weighted by atomic mass is 10.1. The smallest absolute Gasteiger partial charge is 0.249 e. The van der Waals surface area contributed by atoms with Gasteiger partial charge in [-0.05, 0) is 25.8 Å². The standard InChI is InChI=1S/C14H19FN2O2/c1-9(11-4-2-3-5-12(11)15)17-14(18)13-7-6-10(8-16)19-13/h2-5,9-10,13H,6-8,16H2,1H3,(H,17,18). The topological polar surface area (TPSA) is 64.4 Å². The van der Waals surface area contributed by atoms with E-state index in [9.17, 15) is 9.18 Å². The third-order valence-electron chi connectivity index (χ3n) is 3.39. The Morgan fingerprint density at radius 2 is 2.26 bits per heavy atom. The molecule has 1 aliphatic heterocycles. The molecule has 0 aromatic heterocycles. The third kappa shape index (κ3) is 3.30. The Bertz CT molecular complexity index is 453. The minimum absolute atomic E-state index is 0.0421. The predicted octanol–water partition coefficient (Wildman–Crippen LogP) is 1.51. The van der Waals surface area contributed by atoms with Crippen molar-refractivity contribution < 1.29 is 13.9 Å². The van der Waals surface area contributed by atoms with Gasteiger partial charge in [0.2, 0.25) is 5.91 Å². The lowest BCUT2D eigenvalue weighted by molar-refractivity contribution is -0.132. The number of hydrogen-bond acceptors (Lipinski definition) is 3. The van der Waals surface area contributed by atoms with Crippen LogP contribution < -0.4 is 11.1 Å². The van der Waals surface area contributed by atoms with Crippen molar-refractivity contribution in [3.05, 3.63) is 35.6 Å². The van der Waals surface area contributed by atoms with E-state index in [4.69, 9.17) is 10.5 Å². The molecule has 5 heteroatoms. The van der Waals surface area contributed by atoms with Gasteiger partial charge in [-0.25, -0.2) is 4.39 Å². The van der Waals surface area contributed by atoms with Crippen molar-refractivity contribution in [3.63, 3.8) is 0 Å². The maximum absolute atomic E-state index is 13.6. The number of carbonyl (C=O) groups is 1. The van der Waals surface area contributed by atoms with Gasteiger partial charge in [-0.3, -0.25) is 4.79 Å². The summed E-state index contributed by atoms with van der Waals surface area (Å²) in [5.74, 6) is -0.519. The second-order valence-electron chi connectivity index (χ2n) is 4.81. The number of halogens is 1. The molecule has 1 saturated heterocycles. The van der Waals surface area contributed by atoms with Gasteiger partial charge in [-0.1, -0.05) is 18.2 Å². The van der Waals surface area contributed by atoms with Crippen LogP contribution in [0.25, 0.3) is 0 Å². The van der Waals surface area contributed by atoms with Gasteiger partial charge in [0.25, 0.3) is 0 Å². The highest BCUT2D eigenvalue weighted by Crippen LogP contribution is 2.21. The molecule has 0 radical (unpaired) electrons. The number of nitrogens with one attached hydrogen (secondary N) is 1. The van der Waals surface area contributed by atoms with E-state index < -0.39 is 6.10 Å². The van der Waals surface area contributed by atoms with Crippen LogP contribution in [0, 0.1) is 5.82 Å². The zero-order valence-electron chi connectivity index (χ0n) is 10.9. The molecule has 3 N–H and O–H groups in total. The Labute approximate surface area is 112 Å². The summed E-state index contributed by atoms with van der Waals surface area (Å²) in [4.78, 5) is 12.0. The first-order valence-corrected chi connectivity index (χ1v) is 6.52. The van der Waals surface area contributed by atoms with Gasteiger partial charge >= 0.3 is 0 Å². The molecule has 1 fully saturated rings. The Balaban J connectivity index is 1.94. The zero-order valence-corrected chi connectivity index (χ0v) is 10.9. The first-order chi connectivity index (χ1) is 9.11. The number of benzene rings is 1. The van der Waals surface area contributed by atoms with Gasteiger partial charge in [0.05, 0.1) is 12.1 Å². The molecular formula is C14H19FN2O2. The van der Waals surface area contributed by atoms with Gasteiger partial charge in [-0.15, -0.1) is 0 Å². The molecule has 0 bridgehead atoms. The summed E-state index contributed by atoms with van der Waals surface area (Å²) in [7, 11) is 0. The van der Waals surface area contributed by atoms with Crippen molar-refractivity contribution in [2.24, 2.45) is 5.73 Å². The molecule has 3 atom stereocenters. The van der Waals surface area contributed by atoms with Crippen LogP contribution in [0.3, 0.4) is 0 Å². The normalized spacial score (nSPS) is 24.2. The van der Waals surface area contributed by atoms with E-state index in [1.54, 1.807) is 25.1 Å². The molecular weight excluding hydrogens is 247 g/mol. The SMILES string of the molecule is CC(NC(=O)C1CCC(CN)O1)c1ccccc1F. The molecule has 0 saturated carbocycles. The fourth-order valence-electron chi connectivity index (χ4n) is 2.28. The van der Waals surface area contributed by atoms with E-state index in [-0.39, 0.29) is 23.9 Å². The summed E-state index contributed by atoms with van der Waals surface area (Å²) in [6.07, 6.45) is 0.947. The molecule has 1 aromatic rings. The van der Waals surface area contributed by atoms with E-state index in [2.05, 4.69) is 5.32 Å². The molecule has 1 amide bonds. The summed E-state index contributed by atoms with van der Waals surface area (Å²) in [5, 5.41) is 2.78. The van der Waals surface area contributed by atoms with E-state index >= 15 is 0 Å². The van der Waals surface area contributed by atoms with Crippen LogP contribution >= 0.6 is 0 Å². The molecule has 0 spiro atoms. The van der Waals surface area contributed by atoms with E-state index in [0.29, 0.717) is 18.5 Å². The van der Waals surface area contributed by atoms with Crippen molar-refractivity contribution in [2.45, 2.75) is 38.0 Å². The number of carbonyl (C=O) groups excluding carboxylic acids is 1. The van der Waals surface area contributed by atoms with Crippen LogP contribution in [0.5, 0.6) is 0 Å². The van der Waals surface area contributed by atoms with E-state index in [1.807, 2.05) is 0 Å². The zero-order chi connectivity index (χ0) is 13.8. The largest absolute Gasteiger partial charge is 0.364 e. The molecule has 1 heterocycles. The Morgan fingerprint density at radius 1 is 1.53 bits per heavy atom. The maximum atomic E-state index is 13.6. The van der Waals surface area contributed by atoms with Crippen LogP contribution in [0.2, 0.25) is 0 Å². The molecule has 3 unspecified atom stereocenters. The van der Waals surface area contributed by atoms with Crippen LogP contribution in [-0.2, 0) is 9.53 Å². The van der Waals surface area contributed by atoms with Crippen molar-refractivity contribution in [1.29, 1.82) is 0 Å². The Morgan fingerprint density at radius 3 is 2.89 bits per heavy atom. The summed E-state index contributed by atoms with van der Waals surface area (Å²) in [6.45, 7) is 2.18. The second kappa shape index (κ2) is 6.12. The second-order valence-corrected chi connectivity index (χ2v) is 4.81. The first kappa shape index (κ1) is 14.0. The lowest BCUT2D eigenvalue weighted by Gasteiger charge is -2.18. The monoisotopic (exact) mass is 266 g/mol. The van der Waals surface area contributed by atoms with Gasteiger partial charge in [0.15, 0.2) is 0 Å². The van der Waals surface area contributed by atoms with Crippen molar-refractivity contribution >= 4 is 5.91 Å². The van der Waals surface area contributed by atoms with Crippen molar-refractivity contribution in [1.82, 2.24) is 5.32 Å². The molecule has 2 rings (SSSR count). The van der Waals surface area contributed by atoms with E-state index in [1.165, 1.54) is 6.07 Å². The van der Waals surface area contributed by atoms with Gasteiger partial charge in [0.1, 0.15) is 11.9 Å². The number of amides is 1. The Kier molecular flexibility index (Phi) is 4.50. The molecule has 104 valence electrons. The lowest BCUT2D eigenvalue weighted by Crippen LogP contribution is -2.37. The predicted molar refractivity (Wildman–Crippen MR) is 69.9 cm³/mol. The number of hydrogen-bond donors (Lipinski definition) is 2. The Hall–Kier alpha value is -1.46. The summed E-state index contributed by atoms with van der Waals surface area (Å²) < 4.78 is 19.1. The fraction of sp³-hybridized carbons (Fsp3) is 0.500. The summed E-state index contributed by atoms with van der Waals surface area (Å²) >= 11 is 0. The van der Waals surface area contributed by atoms with Gasteiger partial charge in [0, 0.05) is 12.1 Å². The minimum atomic E-state index is -0.470. The maximum Gasteiger partial charge on any atom is 0.249 e. The minimum Gasteiger partial charge on any atom is -0.364 e. The average Bonchev–Trinajstić information content (AvgIpc) is 2.88. The van der Waals surface area contributed by atoms with Gasteiger partial charge in [-0.2, -0.15) is 0 Å². The highest BCUT2D eigenvalue weighted by atomic mass is 19.1. The third-order valence-corrected chi connectivity index (χ3v) is 3.39. The van der Waals surface area contributed by atoms with Crippen LogP contribution in [0.1, 0.15) is 31.4 Å². The van der Waals surface area contributed by atoms with Crippen molar-refractivity contribution in [2.75, 3.05) is 6.54 Å². The number of rotatable bonds is 4. The number of ether oxygens (including phenoxy) is 1. The first-order valence-electron chi connectivity index (χ1n) is 6.52. The number of nitrogens with two attached hydrogens (primary N) is 1. The van der Waals surface area contributed by atoms with Crippen LogP contribution in [-0.4, -0.2) is 24.7 Å². The molecule has 1 aliphatic rings. The average molecular weight is 266 g/mol. The summed E-state index contributed by atoms with van der Waals surface area (Å²) in [6, 6.07) is 6.04. The summed E-state index contributed by atoms with van der Waals surface area (Å²) in [5.41, 5.74) is 5.98. The quantitative estimate of drug-likeness (QED) is 0.868. The van der Waals surface area contributed by atoms with E-state index in [0.717, 1.165) is 6.42 Å². The van der Waals surface area contributed by atoms with Crippen LogP contribution in [0.4, 0.5) is 4.39 Å². The molecule has 4 nitrogen and oxygen atoms in total. The van der Waals surface area contributed by atoms with Crippen LogP contribution in [0.15, 0.2) is 24.3 Å². The molecule has 1 aromatic carbocycles. The molecule has 19 heavy (non-hydrogen) atoms. The fourth-order valence-corrected chi connectivity index (χ4v) is 2.28. The molecule has 0 aliphatic carbocycles. The highest BCUT2D eigenvalue weighted by Gasteiger charge is 2.30.